The van der Waals surface area contributed by atoms with E-state index in [1.54, 1.807) is 0 Å². The molecule has 0 aliphatic heterocycles. The molecule has 1 heterocycles. The molecule has 2 N–H and O–H groups in total. The van der Waals surface area contributed by atoms with Crippen LogP contribution in [0.5, 0.6) is 6.01 Å². The van der Waals surface area contributed by atoms with Gasteiger partial charge < -0.3 is 10.5 Å². The van der Waals surface area contributed by atoms with Crippen LogP contribution in [0.3, 0.4) is 0 Å². The van der Waals surface area contributed by atoms with E-state index in [2.05, 4.69) is 15.2 Å². The van der Waals surface area contributed by atoms with Crippen molar-refractivity contribution in [2.75, 3.05) is 5.73 Å². The van der Waals surface area contributed by atoms with E-state index >= 15 is 0 Å². The van der Waals surface area contributed by atoms with Gasteiger partial charge >= 0.3 is 6.01 Å². The lowest BCUT2D eigenvalue weighted by atomic mass is 10.2. The molecule has 0 aliphatic carbocycles. The van der Waals surface area contributed by atoms with Gasteiger partial charge in [-0.05, 0) is 29.8 Å². The average Bonchev–Trinajstić information content (AvgIpc) is 2.46. The van der Waals surface area contributed by atoms with Gasteiger partial charge in [-0.3, -0.25) is 0 Å². The smallest absolute Gasteiger partial charge is 0.336 e. The summed E-state index contributed by atoms with van der Waals surface area (Å²) in [6.45, 7) is 0.389. The lowest BCUT2D eigenvalue weighted by Gasteiger charge is -2.04. The number of para-hydroxylation sites is 1. The lowest BCUT2D eigenvalue weighted by molar-refractivity contribution is 0.278. The number of nitrogens with two attached hydrogens (primary N) is 1. The summed E-state index contributed by atoms with van der Waals surface area (Å²) in [6, 6.07) is 15.3. The second-order valence-electron chi connectivity index (χ2n) is 4.11. The summed E-state index contributed by atoms with van der Waals surface area (Å²) in [5, 5.41) is 7.98. The lowest BCUT2D eigenvalue weighted by Crippen LogP contribution is -2.01. The zero-order chi connectivity index (χ0) is 13.1. The first kappa shape index (κ1) is 11.4. The molecule has 5 nitrogen and oxygen atoms in total. The van der Waals surface area contributed by atoms with Crippen molar-refractivity contribution >= 4 is 16.7 Å². The first-order valence-corrected chi connectivity index (χ1v) is 5.88. The van der Waals surface area contributed by atoms with Gasteiger partial charge in [-0.25, -0.2) is 0 Å². The van der Waals surface area contributed by atoms with Crippen molar-refractivity contribution in [3.8, 4) is 6.01 Å². The van der Waals surface area contributed by atoms with E-state index in [1.807, 2.05) is 48.5 Å². The molecule has 0 unspecified atom stereocenters. The largest absolute Gasteiger partial charge is 0.458 e. The Morgan fingerprint density at radius 2 is 1.63 bits per heavy atom. The van der Waals surface area contributed by atoms with Crippen molar-refractivity contribution in [1.29, 1.82) is 0 Å². The molecule has 19 heavy (non-hydrogen) atoms. The molecule has 0 bridgehead atoms. The van der Waals surface area contributed by atoms with Crippen LogP contribution in [0.25, 0.3) is 11.0 Å². The fourth-order valence-electron chi connectivity index (χ4n) is 1.69. The second kappa shape index (κ2) is 4.89. The summed E-state index contributed by atoms with van der Waals surface area (Å²) in [5.74, 6) is 0. The third kappa shape index (κ3) is 2.60. The monoisotopic (exact) mass is 252 g/mol. The maximum absolute atomic E-state index is 5.62. The number of nitrogen functional groups attached to an aromatic ring is 1. The zero-order valence-electron chi connectivity index (χ0n) is 10.2. The van der Waals surface area contributed by atoms with Crippen LogP contribution < -0.4 is 10.5 Å². The highest BCUT2D eigenvalue weighted by atomic mass is 16.5. The van der Waals surface area contributed by atoms with E-state index in [0.717, 1.165) is 22.3 Å². The molecule has 3 aromatic rings. The molecule has 0 atom stereocenters. The van der Waals surface area contributed by atoms with Gasteiger partial charge in [0, 0.05) is 5.69 Å². The molecule has 3 rings (SSSR count). The number of aromatic nitrogens is 3. The van der Waals surface area contributed by atoms with Gasteiger partial charge in [-0.15, -0.1) is 5.10 Å². The van der Waals surface area contributed by atoms with Crippen molar-refractivity contribution in [2.45, 2.75) is 6.61 Å². The fourth-order valence-corrected chi connectivity index (χ4v) is 1.69. The Bertz CT molecular complexity index is 697. The van der Waals surface area contributed by atoms with Crippen molar-refractivity contribution in [3.63, 3.8) is 0 Å². The molecule has 94 valence electrons. The van der Waals surface area contributed by atoms with Gasteiger partial charge in [-0.2, -0.15) is 4.98 Å². The molecule has 1 aromatic heterocycles. The van der Waals surface area contributed by atoms with Crippen molar-refractivity contribution < 1.29 is 4.74 Å². The Balaban J connectivity index is 1.76. The molecule has 0 spiro atoms. The summed E-state index contributed by atoms with van der Waals surface area (Å²) in [6.07, 6.45) is 0. The molecular weight excluding hydrogens is 240 g/mol. The minimum absolute atomic E-state index is 0.274. The maximum atomic E-state index is 5.62. The van der Waals surface area contributed by atoms with Gasteiger partial charge in [0.2, 0.25) is 0 Å². The topological polar surface area (TPSA) is 73.9 Å². The van der Waals surface area contributed by atoms with E-state index in [0.29, 0.717) is 6.61 Å². The Labute approximate surface area is 110 Å². The predicted molar refractivity (Wildman–Crippen MR) is 72.5 cm³/mol. The molecule has 0 aliphatic rings. The molecule has 2 aromatic carbocycles. The molecular formula is C14H12N4O. The Hall–Kier alpha value is -2.69. The number of fused-ring (bicyclic) bond motifs is 1. The van der Waals surface area contributed by atoms with E-state index in [-0.39, 0.29) is 6.01 Å². The summed E-state index contributed by atoms with van der Waals surface area (Å²) in [7, 11) is 0. The van der Waals surface area contributed by atoms with E-state index in [4.69, 9.17) is 10.5 Å². The van der Waals surface area contributed by atoms with Crippen LogP contribution in [0.2, 0.25) is 0 Å². The van der Waals surface area contributed by atoms with Gasteiger partial charge in [0.05, 0.1) is 5.52 Å². The summed E-state index contributed by atoms with van der Waals surface area (Å²) in [5.41, 5.74) is 8.88. The Morgan fingerprint density at radius 3 is 2.42 bits per heavy atom. The van der Waals surface area contributed by atoms with E-state index in [9.17, 15) is 0 Å². The van der Waals surface area contributed by atoms with Gasteiger partial charge in [0.1, 0.15) is 12.1 Å². The van der Waals surface area contributed by atoms with Crippen LogP contribution in [0.4, 0.5) is 5.69 Å². The van der Waals surface area contributed by atoms with Crippen molar-refractivity contribution in [3.05, 3.63) is 54.1 Å². The number of nitrogens with zero attached hydrogens (tertiary/aromatic N) is 3. The number of hydrogen-bond donors (Lipinski definition) is 1. The van der Waals surface area contributed by atoms with Crippen LogP contribution in [0.1, 0.15) is 5.56 Å². The third-order valence-electron chi connectivity index (χ3n) is 2.69. The van der Waals surface area contributed by atoms with Gasteiger partial charge in [0.15, 0.2) is 0 Å². The maximum Gasteiger partial charge on any atom is 0.336 e. The quantitative estimate of drug-likeness (QED) is 0.723. The second-order valence-corrected chi connectivity index (χ2v) is 4.11. The van der Waals surface area contributed by atoms with Gasteiger partial charge in [-0.1, -0.05) is 29.4 Å². The molecule has 0 amide bonds. The number of rotatable bonds is 3. The normalized spacial score (nSPS) is 10.5. The SMILES string of the molecule is Nc1ccc(COc2nnc3ccccc3n2)cc1. The highest BCUT2D eigenvalue weighted by Gasteiger charge is 2.02. The van der Waals surface area contributed by atoms with Crippen LogP contribution in [-0.2, 0) is 6.61 Å². The summed E-state index contributed by atoms with van der Waals surface area (Å²) < 4.78 is 5.51. The van der Waals surface area contributed by atoms with Gasteiger partial charge in [0.25, 0.3) is 0 Å². The Kier molecular flexibility index (Phi) is 2.94. The van der Waals surface area contributed by atoms with Crippen LogP contribution >= 0.6 is 0 Å². The van der Waals surface area contributed by atoms with Crippen LogP contribution in [0.15, 0.2) is 48.5 Å². The highest BCUT2D eigenvalue weighted by Crippen LogP contribution is 2.12. The number of anilines is 1. The predicted octanol–water partition coefficient (Wildman–Crippen LogP) is 2.19. The van der Waals surface area contributed by atoms with E-state index in [1.165, 1.54) is 0 Å². The third-order valence-corrected chi connectivity index (χ3v) is 2.69. The number of benzene rings is 2. The first-order chi connectivity index (χ1) is 9.31. The van der Waals surface area contributed by atoms with Crippen LogP contribution in [0, 0.1) is 0 Å². The molecule has 0 saturated carbocycles. The standard InChI is InChI=1S/C14H12N4O/c15-11-7-5-10(6-8-11)9-19-14-16-12-3-1-2-4-13(12)17-18-14/h1-8H,9,15H2. The van der Waals surface area contributed by atoms with Crippen molar-refractivity contribution in [1.82, 2.24) is 15.2 Å². The fraction of sp³-hybridized carbons (Fsp3) is 0.0714. The molecule has 0 radical (unpaired) electrons. The Morgan fingerprint density at radius 1 is 0.895 bits per heavy atom. The molecule has 0 saturated heterocycles. The highest BCUT2D eigenvalue weighted by molar-refractivity contribution is 5.73. The number of hydrogen-bond acceptors (Lipinski definition) is 5. The summed E-state index contributed by atoms with van der Waals surface area (Å²) >= 11 is 0. The van der Waals surface area contributed by atoms with Crippen molar-refractivity contribution in [2.24, 2.45) is 0 Å². The summed E-state index contributed by atoms with van der Waals surface area (Å²) in [4.78, 5) is 4.29. The zero-order valence-corrected chi connectivity index (χ0v) is 10.2. The van der Waals surface area contributed by atoms with E-state index < -0.39 is 0 Å². The minimum atomic E-state index is 0.274. The minimum Gasteiger partial charge on any atom is -0.458 e. The molecule has 0 fully saturated rings. The number of ether oxygens (including phenoxy) is 1. The first-order valence-electron chi connectivity index (χ1n) is 5.88. The van der Waals surface area contributed by atoms with Crippen LogP contribution in [-0.4, -0.2) is 15.2 Å². The molecule has 5 heteroatoms. The average molecular weight is 252 g/mol.